The number of phenolic OH excluding ortho intramolecular Hbond substituents is 1. The number of aryl methyl sites for hydroxylation is 1. The van der Waals surface area contributed by atoms with Crippen LogP contribution >= 0.6 is 11.6 Å². The van der Waals surface area contributed by atoms with Gasteiger partial charge in [-0.05, 0) is 31.5 Å². The van der Waals surface area contributed by atoms with Crippen molar-refractivity contribution in [3.8, 4) is 5.75 Å². The highest BCUT2D eigenvalue weighted by Crippen LogP contribution is 2.26. The molecule has 4 heteroatoms. The Labute approximate surface area is 94.7 Å². The minimum atomic E-state index is -0.396. The molecular formula is C11H16ClNO2. The smallest absolute Gasteiger partial charge is 0.123 e. The molecule has 84 valence electrons. The van der Waals surface area contributed by atoms with E-state index in [1.54, 1.807) is 26.0 Å². The Morgan fingerprint density at radius 3 is 2.73 bits per heavy atom. The Morgan fingerprint density at radius 2 is 2.13 bits per heavy atom. The fraction of sp³-hybridized carbons (Fsp3) is 0.455. The second-order valence-corrected chi connectivity index (χ2v) is 4.15. The van der Waals surface area contributed by atoms with E-state index in [0.717, 1.165) is 11.1 Å². The second kappa shape index (κ2) is 5.35. The lowest BCUT2D eigenvalue weighted by Crippen LogP contribution is -2.23. The monoisotopic (exact) mass is 229 g/mol. The number of benzene rings is 1. The van der Waals surface area contributed by atoms with Crippen LogP contribution < -0.4 is 5.32 Å². The van der Waals surface area contributed by atoms with Crippen molar-refractivity contribution in [1.82, 2.24) is 5.32 Å². The quantitative estimate of drug-likeness (QED) is 0.738. The van der Waals surface area contributed by atoms with Crippen molar-refractivity contribution >= 4 is 11.6 Å². The minimum Gasteiger partial charge on any atom is -0.507 e. The zero-order valence-corrected chi connectivity index (χ0v) is 9.67. The van der Waals surface area contributed by atoms with E-state index in [4.69, 9.17) is 16.7 Å². The maximum Gasteiger partial charge on any atom is 0.123 e. The summed E-state index contributed by atoms with van der Waals surface area (Å²) in [6, 6.07) is 3.44. The molecule has 0 saturated carbocycles. The van der Waals surface area contributed by atoms with Crippen LogP contribution in [0.5, 0.6) is 5.75 Å². The van der Waals surface area contributed by atoms with Crippen molar-refractivity contribution in [3.63, 3.8) is 0 Å². The SMILES string of the molecule is Cc1cc(Cl)cc(CNC[C@@H](C)O)c1O. The first-order chi connectivity index (χ1) is 7.00. The van der Waals surface area contributed by atoms with Gasteiger partial charge >= 0.3 is 0 Å². The first kappa shape index (κ1) is 12.3. The van der Waals surface area contributed by atoms with Gasteiger partial charge in [0.05, 0.1) is 6.10 Å². The summed E-state index contributed by atoms with van der Waals surface area (Å²) in [5.74, 6) is 0.262. The van der Waals surface area contributed by atoms with Gasteiger partial charge in [-0.3, -0.25) is 0 Å². The third-order valence-electron chi connectivity index (χ3n) is 2.10. The van der Waals surface area contributed by atoms with Crippen LogP contribution in [0.3, 0.4) is 0 Å². The molecule has 3 N–H and O–H groups in total. The molecule has 3 nitrogen and oxygen atoms in total. The Hall–Kier alpha value is -0.770. The van der Waals surface area contributed by atoms with Gasteiger partial charge in [0, 0.05) is 23.7 Å². The zero-order chi connectivity index (χ0) is 11.4. The molecule has 1 aromatic rings. The Bertz CT molecular complexity index is 340. The van der Waals surface area contributed by atoms with Crippen molar-refractivity contribution in [2.75, 3.05) is 6.54 Å². The first-order valence-electron chi connectivity index (χ1n) is 4.87. The molecule has 0 saturated heterocycles. The van der Waals surface area contributed by atoms with Crippen molar-refractivity contribution in [3.05, 3.63) is 28.3 Å². The number of aliphatic hydroxyl groups excluding tert-OH is 1. The fourth-order valence-corrected chi connectivity index (χ4v) is 1.65. The average Bonchev–Trinajstić information content (AvgIpc) is 2.12. The van der Waals surface area contributed by atoms with Crippen LogP contribution in [0.4, 0.5) is 0 Å². The summed E-state index contributed by atoms with van der Waals surface area (Å²) in [5, 5.41) is 22.4. The predicted molar refractivity (Wildman–Crippen MR) is 61.2 cm³/mol. The van der Waals surface area contributed by atoms with Gasteiger partial charge in [0.1, 0.15) is 5.75 Å². The summed E-state index contributed by atoms with van der Waals surface area (Å²) in [4.78, 5) is 0. The summed E-state index contributed by atoms with van der Waals surface area (Å²) in [7, 11) is 0. The van der Waals surface area contributed by atoms with Crippen LogP contribution in [0.2, 0.25) is 5.02 Å². The molecule has 15 heavy (non-hydrogen) atoms. The lowest BCUT2D eigenvalue weighted by Gasteiger charge is -2.10. The number of aliphatic hydroxyl groups is 1. The molecule has 0 unspecified atom stereocenters. The fourth-order valence-electron chi connectivity index (χ4n) is 1.36. The molecule has 1 rings (SSSR count). The zero-order valence-electron chi connectivity index (χ0n) is 8.92. The number of phenols is 1. The van der Waals surface area contributed by atoms with Gasteiger partial charge in [0.15, 0.2) is 0 Å². The maximum atomic E-state index is 9.73. The predicted octanol–water partition coefficient (Wildman–Crippen LogP) is 1.82. The van der Waals surface area contributed by atoms with E-state index in [1.165, 1.54) is 0 Å². The Morgan fingerprint density at radius 1 is 1.47 bits per heavy atom. The molecule has 0 amide bonds. The van der Waals surface area contributed by atoms with E-state index in [2.05, 4.69) is 5.32 Å². The van der Waals surface area contributed by atoms with Crippen LogP contribution in [0.25, 0.3) is 0 Å². The van der Waals surface area contributed by atoms with Crippen LogP contribution in [-0.2, 0) is 6.54 Å². The highest BCUT2D eigenvalue weighted by Gasteiger charge is 2.06. The number of hydrogen-bond donors (Lipinski definition) is 3. The Balaban J connectivity index is 2.68. The van der Waals surface area contributed by atoms with E-state index in [0.29, 0.717) is 18.1 Å². The summed E-state index contributed by atoms with van der Waals surface area (Å²) in [5.41, 5.74) is 1.51. The molecule has 0 aliphatic heterocycles. The van der Waals surface area contributed by atoms with Crippen LogP contribution in [0, 0.1) is 6.92 Å². The molecule has 0 aliphatic carbocycles. The Kier molecular flexibility index (Phi) is 4.39. The van der Waals surface area contributed by atoms with Crippen LogP contribution in [-0.4, -0.2) is 22.9 Å². The second-order valence-electron chi connectivity index (χ2n) is 3.71. The number of hydrogen-bond acceptors (Lipinski definition) is 3. The lowest BCUT2D eigenvalue weighted by molar-refractivity contribution is 0.191. The van der Waals surface area contributed by atoms with Gasteiger partial charge in [-0.25, -0.2) is 0 Å². The van der Waals surface area contributed by atoms with Gasteiger partial charge in [-0.2, -0.15) is 0 Å². The number of rotatable bonds is 4. The standard InChI is InChI=1S/C11H16ClNO2/c1-7-3-10(12)4-9(11(7)15)6-13-5-8(2)14/h3-4,8,13-15H,5-6H2,1-2H3/t8-/m1/s1. The molecule has 0 heterocycles. The average molecular weight is 230 g/mol. The maximum absolute atomic E-state index is 9.73. The molecule has 1 aromatic carbocycles. The van der Waals surface area contributed by atoms with E-state index in [1.807, 2.05) is 0 Å². The highest BCUT2D eigenvalue weighted by molar-refractivity contribution is 6.30. The number of aromatic hydroxyl groups is 1. The topological polar surface area (TPSA) is 52.5 Å². The van der Waals surface area contributed by atoms with Crippen molar-refractivity contribution in [2.24, 2.45) is 0 Å². The largest absolute Gasteiger partial charge is 0.507 e. The number of nitrogens with one attached hydrogen (secondary N) is 1. The minimum absolute atomic E-state index is 0.262. The van der Waals surface area contributed by atoms with Gasteiger partial charge in [0.2, 0.25) is 0 Å². The van der Waals surface area contributed by atoms with Crippen molar-refractivity contribution < 1.29 is 10.2 Å². The van der Waals surface area contributed by atoms with Crippen molar-refractivity contribution in [2.45, 2.75) is 26.5 Å². The molecule has 0 aromatic heterocycles. The van der Waals surface area contributed by atoms with Crippen LogP contribution in [0.15, 0.2) is 12.1 Å². The first-order valence-corrected chi connectivity index (χ1v) is 5.25. The summed E-state index contributed by atoms with van der Waals surface area (Å²) >= 11 is 5.88. The molecule has 0 spiro atoms. The summed E-state index contributed by atoms with van der Waals surface area (Å²) in [6.45, 7) is 4.50. The van der Waals surface area contributed by atoms with E-state index in [9.17, 15) is 5.11 Å². The molecular weight excluding hydrogens is 214 g/mol. The third-order valence-corrected chi connectivity index (χ3v) is 2.32. The number of halogens is 1. The molecule has 0 fully saturated rings. The molecule has 1 atom stereocenters. The van der Waals surface area contributed by atoms with Gasteiger partial charge in [-0.1, -0.05) is 11.6 Å². The third kappa shape index (κ3) is 3.70. The summed E-state index contributed by atoms with van der Waals surface area (Å²) < 4.78 is 0. The van der Waals surface area contributed by atoms with Gasteiger partial charge in [-0.15, -0.1) is 0 Å². The highest BCUT2D eigenvalue weighted by atomic mass is 35.5. The molecule has 0 bridgehead atoms. The molecule has 0 aliphatic rings. The normalized spacial score (nSPS) is 12.8. The van der Waals surface area contributed by atoms with E-state index >= 15 is 0 Å². The lowest BCUT2D eigenvalue weighted by atomic mass is 10.1. The van der Waals surface area contributed by atoms with Crippen molar-refractivity contribution in [1.29, 1.82) is 0 Å². The van der Waals surface area contributed by atoms with E-state index < -0.39 is 6.10 Å². The van der Waals surface area contributed by atoms with E-state index in [-0.39, 0.29) is 5.75 Å². The van der Waals surface area contributed by atoms with Gasteiger partial charge in [0.25, 0.3) is 0 Å². The molecule has 0 radical (unpaired) electrons. The van der Waals surface area contributed by atoms with Gasteiger partial charge < -0.3 is 15.5 Å². The summed E-state index contributed by atoms with van der Waals surface area (Å²) in [6.07, 6.45) is -0.396. The van der Waals surface area contributed by atoms with Crippen LogP contribution in [0.1, 0.15) is 18.1 Å².